The molecule has 4 nitrogen and oxygen atoms in total. The van der Waals surface area contributed by atoms with Crippen LogP contribution in [0.3, 0.4) is 0 Å². The van der Waals surface area contributed by atoms with Crippen LogP contribution in [0.1, 0.15) is 30.4 Å². The first kappa shape index (κ1) is 12.5. The van der Waals surface area contributed by atoms with Crippen molar-refractivity contribution in [2.45, 2.75) is 44.2 Å². The van der Waals surface area contributed by atoms with Crippen LogP contribution < -0.4 is 15.8 Å². The number of carbonyl (C=O) groups excluding carboxylic acids is 1. The Hall–Kier alpha value is -1.55. The maximum absolute atomic E-state index is 12.0. The highest BCUT2D eigenvalue weighted by Gasteiger charge is 2.23. The number of ether oxygens (including phenoxy) is 1. The third-order valence-corrected chi connectivity index (χ3v) is 3.96. The van der Waals surface area contributed by atoms with E-state index in [1.54, 1.807) is 0 Å². The second-order valence-corrected chi connectivity index (χ2v) is 5.55. The minimum absolute atomic E-state index is 0.0953. The lowest BCUT2D eigenvalue weighted by Gasteiger charge is -2.12. The molecule has 19 heavy (non-hydrogen) atoms. The average Bonchev–Trinajstić information content (AvgIpc) is 2.97. The van der Waals surface area contributed by atoms with Crippen LogP contribution in [-0.2, 0) is 17.6 Å². The molecular formula is C15H20N2O2. The molecule has 3 N–H and O–H groups in total. The Bertz CT molecular complexity index is 487. The topological polar surface area (TPSA) is 64.3 Å². The molecule has 0 aromatic heterocycles. The minimum Gasteiger partial charge on any atom is -0.493 e. The van der Waals surface area contributed by atoms with Crippen LogP contribution in [0.5, 0.6) is 5.75 Å². The van der Waals surface area contributed by atoms with Crippen molar-refractivity contribution in [1.82, 2.24) is 5.32 Å². The molecule has 1 aromatic rings. The SMILES string of the molecule is NC1CCC(NC(=O)Cc2ccc3c(c2)CCO3)C1. The van der Waals surface area contributed by atoms with Crippen molar-refractivity contribution in [2.24, 2.45) is 5.73 Å². The quantitative estimate of drug-likeness (QED) is 0.857. The van der Waals surface area contributed by atoms with Crippen LogP contribution in [0.4, 0.5) is 0 Å². The maximum Gasteiger partial charge on any atom is 0.224 e. The lowest BCUT2D eigenvalue weighted by molar-refractivity contribution is -0.121. The molecule has 1 amide bonds. The Morgan fingerprint density at radius 3 is 3.11 bits per heavy atom. The smallest absolute Gasteiger partial charge is 0.224 e. The number of rotatable bonds is 3. The van der Waals surface area contributed by atoms with Gasteiger partial charge in [0.2, 0.25) is 5.91 Å². The van der Waals surface area contributed by atoms with E-state index >= 15 is 0 Å². The molecule has 0 bridgehead atoms. The summed E-state index contributed by atoms with van der Waals surface area (Å²) in [5, 5.41) is 3.08. The summed E-state index contributed by atoms with van der Waals surface area (Å²) in [5.74, 6) is 1.06. The van der Waals surface area contributed by atoms with E-state index in [0.717, 1.165) is 43.6 Å². The van der Waals surface area contributed by atoms with Crippen molar-refractivity contribution in [3.8, 4) is 5.75 Å². The van der Waals surface area contributed by atoms with E-state index in [1.807, 2.05) is 12.1 Å². The van der Waals surface area contributed by atoms with Crippen LogP contribution >= 0.6 is 0 Å². The number of hydrogen-bond donors (Lipinski definition) is 2. The van der Waals surface area contributed by atoms with Gasteiger partial charge >= 0.3 is 0 Å². The highest BCUT2D eigenvalue weighted by molar-refractivity contribution is 5.79. The van der Waals surface area contributed by atoms with Gasteiger partial charge in [0.15, 0.2) is 0 Å². The maximum atomic E-state index is 12.0. The predicted molar refractivity (Wildman–Crippen MR) is 73.1 cm³/mol. The van der Waals surface area contributed by atoms with Crippen molar-refractivity contribution in [2.75, 3.05) is 6.61 Å². The third-order valence-electron chi connectivity index (χ3n) is 3.96. The fourth-order valence-electron chi connectivity index (χ4n) is 2.96. The molecule has 1 heterocycles. The third kappa shape index (κ3) is 2.89. The standard InChI is InChI=1S/C15H20N2O2/c16-12-2-3-13(9-12)17-15(18)8-10-1-4-14-11(7-10)5-6-19-14/h1,4,7,12-13H,2-3,5-6,8-9,16H2,(H,17,18). The summed E-state index contributed by atoms with van der Waals surface area (Å²) in [5.41, 5.74) is 8.12. The van der Waals surface area contributed by atoms with E-state index in [0.29, 0.717) is 6.42 Å². The number of hydrogen-bond acceptors (Lipinski definition) is 3. The summed E-state index contributed by atoms with van der Waals surface area (Å²) in [4.78, 5) is 12.0. The molecule has 1 aromatic carbocycles. The van der Waals surface area contributed by atoms with Gasteiger partial charge in [-0.1, -0.05) is 12.1 Å². The molecule has 102 valence electrons. The number of nitrogens with two attached hydrogens (primary N) is 1. The van der Waals surface area contributed by atoms with Crippen LogP contribution in [-0.4, -0.2) is 24.6 Å². The molecule has 1 fully saturated rings. The van der Waals surface area contributed by atoms with Crippen molar-refractivity contribution in [3.63, 3.8) is 0 Å². The normalized spacial score (nSPS) is 24.9. The van der Waals surface area contributed by atoms with Gasteiger partial charge in [0, 0.05) is 18.5 Å². The summed E-state index contributed by atoms with van der Waals surface area (Å²) < 4.78 is 5.46. The van der Waals surface area contributed by atoms with Crippen LogP contribution in [0, 0.1) is 0 Å². The number of nitrogens with one attached hydrogen (secondary N) is 1. The monoisotopic (exact) mass is 260 g/mol. The first-order valence-electron chi connectivity index (χ1n) is 7.00. The highest BCUT2D eigenvalue weighted by atomic mass is 16.5. The van der Waals surface area contributed by atoms with Crippen LogP contribution in [0.15, 0.2) is 18.2 Å². The zero-order valence-corrected chi connectivity index (χ0v) is 11.0. The molecule has 1 aliphatic carbocycles. The second kappa shape index (κ2) is 5.21. The molecule has 1 saturated carbocycles. The molecule has 0 saturated heterocycles. The Balaban J connectivity index is 1.57. The van der Waals surface area contributed by atoms with E-state index in [2.05, 4.69) is 11.4 Å². The van der Waals surface area contributed by atoms with Gasteiger partial charge in [-0.25, -0.2) is 0 Å². The average molecular weight is 260 g/mol. The van der Waals surface area contributed by atoms with Gasteiger partial charge in [-0.2, -0.15) is 0 Å². The Morgan fingerprint density at radius 2 is 2.32 bits per heavy atom. The zero-order valence-electron chi connectivity index (χ0n) is 11.0. The van der Waals surface area contributed by atoms with Crippen molar-refractivity contribution in [3.05, 3.63) is 29.3 Å². The van der Waals surface area contributed by atoms with Gasteiger partial charge < -0.3 is 15.8 Å². The lowest BCUT2D eigenvalue weighted by atomic mass is 10.1. The molecule has 2 atom stereocenters. The zero-order chi connectivity index (χ0) is 13.2. The van der Waals surface area contributed by atoms with Crippen LogP contribution in [0.25, 0.3) is 0 Å². The van der Waals surface area contributed by atoms with Gasteiger partial charge in [0.1, 0.15) is 5.75 Å². The van der Waals surface area contributed by atoms with Gasteiger partial charge in [-0.15, -0.1) is 0 Å². The number of fused-ring (bicyclic) bond motifs is 1. The number of benzene rings is 1. The first-order valence-corrected chi connectivity index (χ1v) is 7.00. The summed E-state index contributed by atoms with van der Waals surface area (Å²) in [7, 11) is 0. The summed E-state index contributed by atoms with van der Waals surface area (Å²) in [6, 6.07) is 6.55. The molecule has 0 spiro atoms. The molecule has 2 unspecified atom stereocenters. The summed E-state index contributed by atoms with van der Waals surface area (Å²) >= 11 is 0. The molecule has 2 aliphatic rings. The molecule has 4 heteroatoms. The summed E-state index contributed by atoms with van der Waals surface area (Å²) in [6.07, 6.45) is 4.32. The molecule has 1 aliphatic heterocycles. The van der Waals surface area contributed by atoms with Crippen LogP contribution in [0.2, 0.25) is 0 Å². The Morgan fingerprint density at radius 1 is 1.42 bits per heavy atom. The van der Waals surface area contributed by atoms with Gasteiger partial charge in [0.05, 0.1) is 13.0 Å². The van der Waals surface area contributed by atoms with Gasteiger partial charge in [-0.3, -0.25) is 4.79 Å². The van der Waals surface area contributed by atoms with Gasteiger partial charge in [0.25, 0.3) is 0 Å². The first-order chi connectivity index (χ1) is 9.20. The second-order valence-electron chi connectivity index (χ2n) is 5.55. The number of carbonyl (C=O) groups is 1. The van der Waals surface area contributed by atoms with E-state index in [4.69, 9.17) is 10.5 Å². The fraction of sp³-hybridized carbons (Fsp3) is 0.533. The predicted octanol–water partition coefficient (Wildman–Crippen LogP) is 1.16. The van der Waals surface area contributed by atoms with Crippen molar-refractivity contribution in [1.29, 1.82) is 0 Å². The Kier molecular flexibility index (Phi) is 3.42. The van der Waals surface area contributed by atoms with Gasteiger partial charge in [-0.05, 0) is 36.5 Å². The molecule has 3 rings (SSSR count). The van der Waals surface area contributed by atoms with Crippen molar-refractivity contribution < 1.29 is 9.53 Å². The fourth-order valence-corrected chi connectivity index (χ4v) is 2.96. The van der Waals surface area contributed by atoms with E-state index in [-0.39, 0.29) is 18.0 Å². The molecule has 0 radical (unpaired) electrons. The van der Waals surface area contributed by atoms with E-state index in [1.165, 1.54) is 5.56 Å². The lowest BCUT2D eigenvalue weighted by Crippen LogP contribution is -2.35. The minimum atomic E-state index is 0.0953. The van der Waals surface area contributed by atoms with E-state index < -0.39 is 0 Å². The number of amides is 1. The largest absolute Gasteiger partial charge is 0.493 e. The van der Waals surface area contributed by atoms with E-state index in [9.17, 15) is 4.79 Å². The summed E-state index contributed by atoms with van der Waals surface area (Å²) in [6.45, 7) is 0.755. The Labute approximate surface area is 113 Å². The molecular weight excluding hydrogens is 240 g/mol. The van der Waals surface area contributed by atoms with Crippen molar-refractivity contribution >= 4 is 5.91 Å². The highest BCUT2D eigenvalue weighted by Crippen LogP contribution is 2.26.